The van der Waals surface area contributed by atoms with Gasteiger partial charge in [0.1, 0.15) is 11.5 Å². The SMILES string of the molecule is Cc1ccc(-c2[nH]ncc2CNC2CCN(C(=O)C3CC3)CC2)o1. The van der Waals surface area contributed by atoms with Gasteiger partial charge >= 0.3 is 0 Å². The summed E-state index contributed by atoms with van der Waals surface area (Å²) in [6.07, 6.45) is 6.07. The summed E-state index contributed by atoms with van der Waals surface area (Å²) in [6.45, 7) is 4.45. The Hall–Kier alpha value is -2.08. The number of aryl methyl sites for hydroxylation is 1. The van der Waals surface area contributed by atoms with Crippen molar-refractivity contribution in [2.75, 3.05) is 13.1 Å². The maximum atomic E-state index is 12.1. The predicted molar refractivity (Wildman–Crippen MR) is 90.2 cm³/mol. The van der Waals surface area contributed by atoms with Gasteiger partial charge in [-0.3, -0.25) is 9.89 Å². The van der Waals surface area contributed by atoms with Crippen molar-refractivity contribution in [3.05, 3.63) is 29.7 Å². The highest BCUT2D eigenvalue weighted by atomic mass is 16.3. The molecule has 6 heteroatoms. The van der Waals surface area contributed by atoms with E-state index in [2.05, 4.69) is 15.5 Å². The molecule has 1 aliphatic heterocycles. The maximum absolute atomic E-state index is 12.1. The molecule has 0 unspecified atom stereocenters. The number of furan rings is 1. The molecule has 0 aromatic carbocycles. The number of rotatable bonds is 5. The van der Waals surface area contributed by atoms with Crippen molar-refractivity contribution < 1.29 is 9.21 Å². The summed E-state index contributed by atoms with van der Waals surface area (Å²) in [5, 5.41) is 10.8. The van der Waals surface area contributed by atoms with Crippen LogP contribution in [0.2, 0.25) is 0 Å². The molecule has 6 nitrogen and oxygen atoms in total. The first-order valence-electron chi connectivity index (χ1n) is 8.82. The highest BCUT2D eigenvalue weighted by Crippen LogP contribution is 2.32. The van der Waals surface area contributed by atoms with Crippen LogP contribution in [0.5, 0.6) is 0 Å². The van der Waals surface area contributed by atoms with Gasteiger partial charge in [-0.15, -0.1) is 0 Å². The van der Waals surface area contributed by atoms with Crippen LogP contribution in [0.4, 0.5) is 0 Å². The molecular formula is C18H24N4O2. The molecule has 2 aromatic heterocycles. The van der Waals surface area contributed by atoms with E-state index >= 15 is 0 Å². The molecule has 128 valence electrons. The summed E-state index contributed by atoms with van der Waals surface area (Å²) in [4.78, 5) is 14.1. The number of aromatic amines is 1. The van der Waals surface area contributed by atoms with Crippen LogP contribution in [-0.4, -0.2) is 40.1 Å². The molecule has 0 radical (unpaired) electrons. The third-order valence-electron chi connectivity index (χ3n) is 5.02. The van der Waals surface area contributed by atoms with Crippen molar-refractivity contribution in [2.24, 2.45) is 5.92 Å². The fourth-order valence-corrected chi connectivity index (χ4v) is 3.37. The fourth-order valence-electron chi connectivity index (χ4n) is 3.37. The highest BCUT2D eigenvalue weighted by Gasteiger charge is 2.34. The van der Waals surface area contributed by atoms with Gasteiger partial charge in [-0.2, -0.15) is 5.10 Å². The van der Waals surface area contributed by atoms with E-state index in [1.165, 1.54) is 0 Å². The van der Waals surface area contributed by atoms with E-state index in [-0.39, 0.29) is 0 Å². The van der Waals surface area contributed by atoms with Crippen molar-refractivity contribution in [1.82, 2.24) is 20.4 Å². The molecule has 2 fully saturated rings. The number of nitrogens with one attached hydrogen (secondary N) is 2. The van der Waals surface area contributed by atoms with Gasteiger partial charge in [-0.05, 0) is 44.7 Å². The van der Waals surface area contributed by atoms with Gasteiger partial charge in [-0.25, -0.2) is 0 Å². The Balaban J connectivity index is 1.30. The van der Waals surface area contributed by atoms with E-state index in [4.69, 9.17) is 4.42 Å². The summed E-state index contributed by atoms with van der Waals surface area (Å²) in [7, 11) is 0. The number of hydrogen-bond donors (Lipinski definition) is 2. The maximum Gasteiger partial charge on any atom is 0.225 e. The fraction of sp³-hybridized carbons (Fsp3) is 0.556. The van der Waals surface area contributed by atoms with Gasteiger partial charge in [0.25, 0.3) is 0 Å². The number of carbonyl (C=O) groups excluding carboxylic acids is 1. The quantitative estimate of drug-likeness (QED) is 0.884. The minimum absolute atomic E-state index is 0.333. The van der Waals surface area contributed by atoms with Crippen LogP contribution < -0.4 is 5.32 Å². The van der Waals surface area contributed by atoms with E-state index in [9.17, 15) is 4.79 Å². The molecule has 24 heavy (non-hydrogen) atoms. The average Bonchev–Trinajstić information content (AvgIpc) is 3.19. The van der Waals surface area contributed by atoms with E-state index in [1.54, 1.807) is 0 Å². The lowest BCUT2D eigenvalue weighted by atomic mass is 10.0. The number of amides is 1. The summed E-state index contributed by atoms with van der Waals surface area (Å²) in [6, 6.07) is 4.38. The first-order valence-corrected chi connectivity index (χ1v) is 8.82. The Morgan fingerprint density at radius 3 is 2.79 bits per heavy atom. The van der Waals surface area contributed by atoms with Crippen molar-refractivity contribution >= 4 is 5.91 Å². The Morgan fingerprint density at radius 2 is 2.12 bits per heavy atom. The summed E-state index contributed by atoms with van der Waals surface area (Å²) in [5.41, 5.74) is 2.05. The van der Waals surface area contributed by atoms with Gasteiger partial charge < -0.3 is 14.6 Å². The molecule has 1 saturated heterocycles. The molecule has 0 bridgehead atoms. The Kier molecular flexibility index (Phi) is 4.14. The third kappa shape index (κ3) is 3.24. The number of piperidine rings is 1. The lowest BCUT2D eigenvalue weighted by Crippen LogP contribution is -2.45. The van der Waals surface area contributed by atoms with Crippen LogP contribution in [-0.2, 0) is 11.3 Å². The van der Waals surface area contributed by atoms with Gasteiger partial charge in [0.2, 0.25) is 5.91 Å². The van der Waals surface area contributed by atoms with Gasteiger partial charge in [0.15, 0.2) is 5.76 Å². The Bertz CT molecular complexity index is 708. The standard InChI is InChI=1S/C18H24N4O2/c1-12-2-5-16(24-12)17-14(11-20-21-17)10-19-15-6-8-22(9-7-15)18(23)13-3-4-13/h2,5,11,13,15,19H,3-4,6-10H2,1H3,(H,20,21). The van der Waals surface area contributed by atoms with Crippen molar-refractivity contribution in [1.29, 1.82) is 0 Å². The van der Waals surface area contributed by atoms with Gasteiger partial charge in [0, 0.05) is 37.2 Å². The highest BCUT2D eigenvalue weighted by molar-refractivity contribution is 5.81. The third-order valence-corrected chi connectivity index (χ3v) is 5.02. The summed E-state index contributed by atoms with van der Waals surface area (Å²) < 4.78 is 5.69. The smallest absolute Gasteiger partial charge is 0.225 e. The number of hydrogen-bond acceptors (Lipinski definition) is 4. The van der Waals surface area contributed by atoms with Crippen molar-refractivity contribution in [3.8, 4) is 11.5 Å². The zero-order valence-corrected chi connectivity index (χ0v) is 14.0. The average molecular weight is 328 g/mol. The van der Waals surface area contributed by atoms with Crippen LogP contribution in [0.3, 0.4) is 0 Å². The van der Waals surface area contributed by atoms with Gasteiger partial charge in [-0.1, -0.05) is 0 Å². The molecule has 2 aromatic rings. The molecule has 1 saturated carbocycles. The van der Waals surface area contributed by atoms with E-state index in [0.29, 0.717) is 17.9 Å². The molecule has 0 atom stereocenters. The monoisotopic (exact) mass is 328 g/mol. The minimum atomic E-state index is 0.333. The second kappa shape index (κ2) is 6.43. The Labute approximate surface area is 141 Å². The van der Waals surface area contributed by atoms with Crippen LogP contribution in [0.1, 0.15) is 37.0 Å². The second-order valence-electron chi connectivity index (χ2n) is 6.94. The molecule has 4 rings (SSSR count). The van der Waals surface area contributed by atoms with Crippen LogP contribution in [0.15, 0.2) is 22.7 Å². The summed E-state index contributed by atoms with van der Waals surface area (Å²) in [5.74, 6) is 2.43. The lowest BCUT2D eigenvalue weighted by Gasteiger charge is -2.32. The lowest BCUT2D eigenvalue weighted by molar-refractivity contribution is -0.133. The number of nitrogens with zero attached hydrogens (tertiary/aromatic N) is 2. The number of H-pyrrole nitrogens is 1. The van der Waals surface area contributed by atoms with Crippen molar-refractivity contribution in [2.45, 2.75) is 45.2 Å². The minimum Gasteiger partial charge on any atom is -0.460 e. The first-order chi connectivity index (χ1) is 11.7. The zero-order valence-electron chi connectivity index (χ0n) is 14.0. The molecule has 2 aliphatic rings. The first kappa shape index (κ1) is 15.4. The van der Waals surface area contributed by atoms with E-state index < -0.39 is 0 Å². The topological polar surface area (TPSA) is 74.2 Å². The molecule has 1 aliphatic carbocycles. The molecular weight excluding hydrogens is 304 g/mol. The van der Waals surface area contributed by atoms with Crippen LogP contribution in [0.25, 0.3) is 11.5 Å². The van der Waals surface area contributed by atoms with E-state index in [0.717, 1.165) is 68.1 Å². The number of aromatic nitrogens is 2. The largest absolute Gasteiger partial charge is 0.460 e. The normalized spacial score (nSPS) is 19.0. The zero-order chi connectivity index (χ0) is 16.5. The van der Waals surface area contributed by atoms with Gasteiger partial charge in [0.05, 0.1) is 6.20 Å². The number of likely N-dealkylation sites (tertiary alicyclic amines) is 1. The predicted octanol–water partition coefficient (Wildman–Crippen LogP) is 2.47. The molecule has 3 heterocycles. The van der Waals surface area contributed by atoms with E-state index in [1.807, 2.05) is 30.2 Å². The van der Waals surface area contributed by atoms with Crippen LogP contribution >= 0.6 is 0 Å². The molecule has 2 N–H and O–H groups in total. The van der Waals surface area contributed by atoms with Crippen LogP contribution in [0, 0.1) is 12.8 Å². The number of carbonyl (C=O) groups is 1. The molecule has 1 amide bonds. The molecule has 0 spiro atoms. The second-order valence-corrected chi connectivity index (χ2v) is 6.94. The Morgan fingerprint density at radius 1 is 1.33 bits per heavy atom. The van der Waals surface area contributed by atoms with Crippen molar-refractivity contribution in [3.63, 3.8) is 0 Å². The summed E-state index contributed by atoms with van der Waals surface area (Å²) >= 11 is 0.